The Morgan fingerprint density at radius 1 is 0.857 bits per heavy atom. The molecule has 0 saturated heterocycles. The first-order valence-corrected chi connectivity index (χ1v) is 6.33. The largest absolute Gasteiger partial charge is 1.00 e. The van der Waals surface area contributed by atoms with Gasteiger partial charge in [0.25, 0.3) is 0 Å². The van der Waals surface area contributed by atoms with Crippen molar-refractivity contribution < 1.29 is 49.4 Å². The van der Waals surface area contributed by atoms with Crippen molar-refractivity contribution in [1.29, 1.82) is 0 Å². The third kappa shape index (κ3) is 6.58. The second-order valence-electron chi connectivity index (χ2n) is 3.63. The second kappa shape index (κ2) is 9.92. The first kappa shape index (κ1) is 20.1. The Morgan fingerprint density at radius 3 is 1.48 bits per heavy atom. The summed E-state index contributed by atoms with van der Waals surface area (Å²) < 4.78 is 0. The average Bonchev–Trinajstić information content (AvgIpc) is 2.40. The van der Waals surface area contributed by atoms with Crippen molar-refractivity contribution in [2.75, 3.05) is 0 Å². The van der Waals surface area contributed by atoms with Crippen molar-refractivity contribution in [2.45, 2.75) is 9.79 Å². The van der Waals surface area contributed by atoms with Crippen LogP contribution in [0.5, 0.6) is 0 Å². The van der Waals surface area contributed by atoms with Crippen LogP contribution >= 0.6 is 25.3 Å². The van der Waals surface area contributed by atoms with Gasteiger partial charge < -0.3 is 15.0 Å². The fraction of sp³-hybridized carbons (Fsp3) is 0. The fourth-order valence-electron chi connectivity index (χ4n) is 1.30. The van der Waals surface area contributed by atoms with Gasteiger partial charge in [-0.3, -0.25) is 0 Å². The monoisotopic (exact) mass is 330 g/mol. The van der Waals surface area contributed by atoms with Crippen molar-refractivity contribution in [3.8, 4) is 0 Å². The Hall–Kier alpha value is -0.920. The molecule has 0 aliphatic rings. The third-order valence-corrected chi connectivity index (χ3v) is 3.04. The summed E-state index contributed by atoms with van der Waals surface area (Å²) in [4.78, 5) is 21.6. The molecule has 0 atom stereocenters. The number of carboxylic acid groups (broad SMARTS) is 2. The van der Waals surface area contributed by atoms with Gasteiger partial charge in [0.05, 0.1) is 11.5 Å². The Kier molecular flexibility index (Phi) is 9.48. The predicted molar refractivity (Wildman–Crippen MR) is 78.7 cm³/mol. The maximum atomic E-state index is 10.4. The zero-order chi connectivity index (χ0) is 15.1. The van der Waals surface area contributed by atoms with Crippen LogP contribution in [0.1, 0.15) is 20.7 Å². The number of hydrogen-bond donors (Lipinski definition) is 3. The van der Waals surface area contributed by atoms with Crippen molar-refractivity contribution >= 4 is 37.2 Å². The number of aromatic carboxylic acids is 2. The molecule has 0 aromatic heterocycles. The van der Waals surface area contributed by atoms with Gasteiger partial charge in [-0.25, -0.2) is 4.79 Å². The van der Waals surface area contributed by atoms with Gasteiger partial charge in [-0.2, -0.15) is 0 Å². The molecule has 0 fully saturated rings. The van der Waals surface area contributed by atoms with Crippen LogP contribution in [0.4, 0.5) is 0 Å². The van der Waals surface area contributed by atoms with Crippen LogP contribution in [0.3, 0.4) is 0 Å². The van der Waals surface area contributed by atoms with Crippen molar-refractivity contribution in [3.05, 3.63) is 59.7 Å². The molecule has 0 aliphatic heterocycles. The smallest absolute Gasteiger partial charge is 0.545 e. The molecule has 0 aliphatic carbocycles. The molecule has 0 amide bonds. The number of carbonyl (C=O) groups excluding carboxylic acids is 1. The predicted octanol–water partition coefficient (Wildman–Crippen LogP) is -0.984. The van der Waals surface area contributed by atoms with Crippen LogP contribution in [0, 0.1) is 0 Å². The van der Waals surface area contributed by atoms with E-state index in [4.69, 9.17) is 5.11 Å². The average molecular weight is 330 g/mol. The number of carbonyl (C=O) groups is 2. The summed E-state index contributed by atoms with van der Waals surface area (Å²) in [6, 6.07) is 13.0. The van der Waals surface area contributed by atoms with E-state index in [9.17, 15) is 14.7 Å². The van der Waals surface area contributed by atoms with Gasteiger partial charge >= 0.3 is 35.5 Å². The summed E-state index contributed by atoms with van der Waals surface area (Å²) in [6.07, 6.45) is 0. The van der Waals surface area contributed by atoms with Crippen molar-refractivity contribution in [3.63, 3.8) is 0 Å². The Labute approximate surface area is 155 Å². The van der Waals surface area contributed by atoms with E-state index >= 15 is 0 Å². The molecular formula is C14H11NaO4S2. The summed E-state index contributed by atoms with van der Waals surface area (Å²) in [5, 5.41) is 18.8. The number of benzene rings is 2. The maximum absolute atomic E-state index is 10.4. The molecule has 2 aromatic rings. The summed E-state index contributed by atoms with van der Waals surface area (Å²) in [7, 11) is 0. The van der Waals surface area contributed by atoms with Crippen LogP contribution in [0.2, 0.25) is 0 Å². The first-order chi connectivity index (χ1) is 9.43. The third-order valence-electron chi connectivity index (χ3n) is 2.26. The molecular weight excluding hydrogens is 319 g/mol. The van der Waals surface area contributed by atoms with E-state index in [-0.39, 0.29) is 40.7 Å². The van der Waals surface area contributed by atoms with E-state index < -0.39 is 11.9 Å². The van der Waals surface area contributed by atoms with Gasteiger partial charge in [-0.1, -0.05) is 30.3 Å². The maximum Gasteiger partial charge on any atom is 1.00 e. The molecule has 7 heteroatoms. The first-order valence-electron chi connectivity index (χ1n) is 5.44. The van der Waals surface area contributed by atoms with E-state index in [1.165, 1.54) is 12.1 Å². The van der Waals surface area contributed by atoms with Gasteiger partial charge in [0, 0.05) is 15.4 Å². The molecule has 21 heavy (non-hydrogen) atoms. The van der Waals surface area contributed by atoms with Gasteiger partial charge in [0.2, 0.25) is 0 Å². The molecule has 4 nitrogen and oxygen atoms in total. The quantitative estimate of drug-likeness (QED) is 0.488. The van der Waals surface area contributed by atoms with Crippen molar-refractivity contribution in [2.24, 2.45) is 0 Å². The number of hydrogen-bond acceptors (Lipinski definition) is 5. The van der Waals surface area contributed by atoms with Gasteiger partial charge in [-0.05, 0) is 18.2 Å². The van der Waals surface area contributed by atoms with E-state index in [0.717, 1.165) is 0 Å². The topological polar surface area (TPSA) is 77.4 Å². The summed E-state index contributed by atoms with van der Waals surface area (Å²) in [5.41, 5.74) is 0.372. The molecule has 104 valence electrons. The van der Waals surface area contributed by atoms with Crippen LogP contribution in [0.25, 0.3) is 0 Å². The molecule has 0 heterocycles. The normalized spacial score (nSPS) is 8.86. The molecule has 0 radical (unpaired) electrons. The van der Waals surface area contributed by atoms with E-state index in [2.05, 4.69) is 25.3 Å². The molecule has 2 rings (SSSR count). The fourth-order valence-corrected chi connectivity index (χ4v) is 1.81. The Balaban J connectivity index is 0.000000364. The molecule has 0 saturated carbocycles. The standard InChI is InChI=1S/2C7H6O2S.Na/c2*8-7(9)5-3-1-2-4-6(5)10;/h2*1-4,10H,(H,8,9);/q;;+1/p-1. The van der Waals surface area contributed by atoms with Gasteiger partial charge in [-0.15, -0.1) is 25.3 Å². The second-order valence-corrected chi connectivity index (χ2v) is 4.59. The number of rotatable bonds is 2. The zero-order valence-electron chi connectivity index (χ0n) is 11.2. The summed E-state index contributed by atoms with van der Waals surface area (Å²) in [6.45, 7) is 0. The van der Waals surface area contributed by atoms with Crippen LogP contribution in [-0.2, 0) is 0 Å². The molecule has 0 spiro atoms. The minimum absolute atomic E-state index is 0. The summed E-state index contributed by atoms with van der Waals surface area (Å²) >= 11 is 7.87. The van der Waals surface area contributed by atoms with E-state index in [0.29, 0.717) is 9.79 Å². The van der Waals surface area contributed by atoms with Gasteiger partial charge in [0.1, 0.15) is 0 Å². The Morgan fingerprint density at radius 2 is 1.24 bits per heavy atom. The molecule has 2 aromatic carbocycles. The SMILES string of the molecule is O=C(O)c1ccccc1S.O=C([O-])c1ccccc1S.[Na+]. The van der Waals surface area contributed by atoms with E-state index in [1.54, 1.807) is 36.4 Å². The van der Waals surface area contributed by atoms with Gasteiger partial charge in [0.15, 0.2) is 0 Å². The number of carboxylic acids is 2. The zero-order valence-corrected chi connectivity index (χ0v) is 15.0. The minimum Gasteiger partial charge on any atom is -0.545 e. The van der Waals surface area contributed by atoms with E-state index in [1.807, 2.05) is 0 Å². The minimum atomic E-state index is -1.19. The summed E-state index contributed by atoms with van der Waals surface area (Å²) in [5.74, 6) is -2.13. The Bertz CT molecular complexity index is 576. The molecule has 0 bridgehead atoms. The molecule has 0 unspecified atom stereocenters. The van der Waals surface area contributed by atoms with Crippen LogP contribution < -0.4 is 34.7 Å². The van der Waals surface area contributed by atoms with Crippen LogP contribution in [-0.4, -0.2) is 17.0 Å². The van der Waals surface area contributed by atoms with Crippen LogP contribution in [0.15, 0.2) is 58.3 Å². The van der Waals surface area contributed by atoms with Crippen molar-refractivity contribution in [1.82, 2.24) is 0 Å². The molecule has 1 N–H and O–H groups in total. The number of thiol groups is 2.